The molecular formula is C23H17ClN2O2. The first-order chi connectivity index (χ1) is 13.6. The third-order valence-electron chi connectivity index (χ3n) is 4.03. The molecule has 0 saturated carbocycles. The monoisotopic (exact) mass is 388 g/mol. The van der Waals surface area contributed by atoms with Gasteiger partial charge in [-0.2, -0.15) is 5.26 Å². The highest BCUT2D eigenvalue weighted by molar-refractivity contribution is 6.31. The van der Waals surface area contributed by atoms with E-state index in [4.69, 9.17) is 16.3 Å². The lowest BCUT2D eigenvalue weighted by Gasteiger charge is -2.09. The second-order valence-electron chi connectivity index (χ2n) is 6.02. The minimum absolute atomic E-state index is 0.0174. The number of nitriles is 1. The number of amides is 1. The Morgan fingerprint density at radius 1 is 1.04 bits per heavy atom. The van der Waals surface area contributed by atoms with Crippen LogP contribution in [0.3, 0.4) is 0 Å². The van der Waals surface area contributed by atoms with Crippen molar-refractivity contribution in [3.8, 4) is 17.6 Å². The molecule has 0 aliphatic rings. The fourth-order valence-electron chi connectivity index (χ4n) is 2.54. The number of para-hydroxylation sites is 1. The summed E-state index contributed by atoms with van der Waals surface area (Å²) in [5.74, 6) is 0.823. The zero-order valence-corrected chi connectivity index (χ0v) is 15.9. The van der Waals surface area contributed by atoms with E-state index in [2.05, 4.69) is 5.32 Å². The summed E-state index contributed by atoms with van der Waals surface area (Å²) < 4.78 is 5.79. The lowest BCUT2D eigenvalue weighted by molar-refractivity contribution is -0.112. The van der Waals surface area contributed by atoms with Crippen LogP contribution in [0.2, 0.25) is 5.02 Å². The van der Waals surface area contributed by atoms with E-state index in [9.17, 15) is 10.1 Å². The molecule has 0 aromatic heterocycles. The van der Waals surface area contributed by atoms with Crippen LogP contribution in [0.1, 0.15) is 11.1 Å². The average molecular weight is 389 g/mol. The number of nitrogens with zero attached hydrogens (tertiary/aromatic N) is 1. The topological polar surface area (TPSA) is 62.1 Å². The van der Waals surface area contributed by atoms with Crippen LogP contribution in [0, 0.1) is 18.3 Å². The Hall–Kier alpha value is -3.55. The van der Waals surface area contributed by atoms with E-state index in [0.717, 1.165) is 5.56 Å². The van der Waals surface area contributed by atoms with Crippen molar-refractivity contribution in [2.45, 2.75) is 6.92 Å². The maximum absolute atomic E-state index is 12.5. The summed E-state index contributed by atoms with van der Waals surface area (Å²) in [4.78, 5) is 12.5. The smallest absolute Gasteiger partial charge is 0.266 e. The summed E-state index contributed by atoms with van der Waals surface area (Å²) in [6, 6.07) is 23.7. The van der Waals surface area contributed by atoms with Gasteiger partial charge < -0.3 is 10.1 Å². The summed E-state index contributed by atoms with van der Waals surface area (Å²) in [6.07, 6.45) is 1.52. The molecule has 3 aromatic carbocycles. The second-order valence-corrected chi connectivity index (χ2v) is 6.43. The molecule has 0 atom stereocenters. The van der Waals surface area contributed by atoms with E-state index < -0.39 is 5.91 Å². The SMILES string of the molecule is Cc1c(Cl)cccc1NC(=O)/C(C#N)=C/c1cccc(Oc2ccccc2)c1. The Morgan fingerprint density at radius 2 is 1.75 bits per heavy atom. The largest absolute Gasteiger partial charge is 0.457 e. The molecule has 0 bridgehead atoms. The van der Waals surface area contributed by atoms with E-state index in [-0.39, 0.29) is 5.57 Å². The van der Waals surface area contributed by atoms with Crippen molar-refractivity contribution in [2.75, 3.05) is 5.32 Å². The van der Waals surface area contributed by atoms with Gasteiger partial charge >= 0.3 is 0 Å². The predicted molar refractivity (Wildman–Crippen MR) is 111 cm³/mol. The Bertz CT molecular complexity index is 1070. The van der Waals surface area contributed by atoms with Crippen LogP contribution in [0.25, 0.3) is 6.08 Å². The van der Waals surface area contributed by atoms with Crippen LogP contribution in [-0.2, 0) is 4.79 Å². The maximum atomic E-state index is 12.5. The number of nitrogens with one attached hydrogen (secondary N) is 1. The van der Waals surface area contributed by atoms with Crippen molar-refractivity contribution in [3.05, 3.63) is 94.5 Å². The standard InChI is InChI=1S/C23H17ClN2O2/c1-16-21(24)11-6-12-22(16)26-23(27)18(15-25)13-17-7-5-10-20(14-17)28-19-8-3-2-4-9-19/h2-14H,1H3,(H,26,27)/b18-13+. The Labute approximate surface area is 168 Å². The highest BCUT2D eigenvalue weighted by Crippen LogP contribution is 2.25. The van der Waals surface area contributed by atoms with Gasteiger partial charge in [0.1, 0.15) is 23.1 Å². The first-order valence-corrected chi connectivity index (χ1v) is 8.96. The summed E-state index contributed by atoms with van der Waals surface area (Å²) >= 11 is 6.08. The zero-order valence-electron chi connectivity index (χ0n) is 15.1. The Kier molecular flexibility index (Phi) is 6.11. The minimum atomic E-state index is -0.498. The summed E-state index contributed by atoms with van der Waals surface area (Å²) in [7, 11) is 0. The van der Waals surface area contributed by atoms with E-state index in [0.29, 0.717) is 27.8 Å². The first kappa shape index (κ1) is 19.2. The van der Waals surface area contributed by atoms with Gasteiger partial charge in [0.2, 0.25) is 0 Å². The van der Waals surface area contributed by atoms with Crippen LogP contribution in [-0.4, -0.2) is 5.91 Å². The van der Waals surface area contributed by atoms with Gasteiger partial charge in [-0.05, 0) is 60.5 Å². The van der Waals surface area contributed by atoms with Crippen LogP contribution in [0.15, 0.2) is 78.4 Å². The zero-order chi connectivity index (χ0) is 19.9. The van der Waals surface area contributed by atoms with Crippen LogP contribution < -0.4 is 10.1 Å². The van der Waals surface area contributed by atoms with Gasteiger partial charge in [0.05, 0.1) is 0 Å². The van der Waals surface area contributed by atoms with Gasteiger partial charge in [0.15, 0.2) is 0 Å². The Balaban J connectivity index is 1.80. The lowest BCUT2D eigenvalue weighted by Crippen LogP contribution is -2.14. The summed E-state index contributed by atoms with van der Waals surface area (Å²) in [6.45, 7) is 1.80. The highest BCUT2D eigenvalue weighted by atomic mass is 35.5. The van der Waals surface area contributed by atoms with Crippen LogP contribution in [0.5, 0.6) is 11.5 Å². The highest BCUT2D eigenvalue weighted by Gasteiger charge is 2.12. The number of anilines is 1. The van der Waals surface area contributed by atoms with Crippen molar-refractivity contribution in [2.24, 2.45) is 0 Å². The molecule has 1 amide bonds. The fourth-order valence-corrected chi connectivity index (χ4v) is 2.71. The maximum Gasteiger partial charge on any atom is 0.266 e. The molecule has 0 radical (unpaired) electrons. The summed E-state index contributed by atoms with van der Waals surface area (Å²) in [5, 5.41) is 12.7. The number of ether oxygens (including phenoxy) is 1. The van der Waals surface area contributed by atoms with Crippen LogP contribution in [0.4, 0.5) is 5.69 Å². The Morgan fingerprint density at radius 3 is 2.50 bits per heavy atom. The molecule has 138 valence electrons. The molecule has 3 aromatic rings. The number of carbonyl (C=O) groups is 1. The molecule has 0 heterocycles. The van der Waals surface area contributed by atoms with Gasteiger partial charge in [-0.1, -0.05) is 48.0 Å². The van der Waals surface area contributed by atoms with Gasteiger partial charge in [-0.25, -0.2) is 0 Å². The number of hydrogen-bond donors (Lipinski definition) is 1. The van der Waals surface area contributed by atoms with E-state index in [1.165, 1.54) is 6.08 Å². The van der Waals surface area contributed by atoms with Gasteiger partial charge in [0, 0.05) is 10.7 Å². The van der Waals surface area contributed by atoms with Gasteiger partial charge in [-0.15, -0.1) is 0 Å². The van der Waals surface area contributed by atoms with Crippen molar-refractivity contribution in [3.63, 3.8) is 0 Å². The molecular weight excluding hydrogens is 372 g/mol. The molecule has 0 spiro atoms. The van der Waals surface area contributed by atoms with Crippen LogP contribution >= 0.6 is 11.6 Å². The van der Waals surface area contributed by atoms with Crippen molar-refractivity contribution in [1.29, 1.82) is 5.26 Å². The molecule has 0 aliphatic heterocycles. The molecule has 1 N–H and O–H groups in total. The van der Waals surface area contributed by atoms with Crippen molar-refractivity contribution < 1.29 is 9.53 Å². The molecule has 5 heteroatoms. The fraction of sp³-hybridized carbons (Fsp3) is 0.0435. The molecule has 0 saturated heterocycles. The number of benzene rings is 3. The first-order valence-electron chi connectivity index (χ1n) is 8.58. The lowest BCUT2D eigenvalue weighted by atomic mass is 10.1. The number of rotatable bonds is 5. The number of halogens is 1. The molecule has 0 fully saturated rings. The van der Waals surface area contributed by atoms with E-state index in [1.807, 2.05) is 42.5 Å². The molecule has 3 rings (SSSR count). The quantitative estimate of drug-likeness (QED) is 0.431. The molecule has 28 heavy (non-hydrogen) atoms. The van der Waals surface area contributed by atoms with Crippen molar-refractivity contribution >= 4 is 29.3 Å². The predicted octanol–water partition coefficient (Wildman–Crippen LogP) is 5.99. The third kappa shape index (κ3) is 4.79. The second kappa shape index (κ2) is 8.90. The summed E-state index contributed by atoms with van der Waals surface area (Å²) in [5.41, 5.74) is 1.98. The minimum Gasteiger partial charge on any atom is -0.457 e. The van der Waals surface area contributed by atoms with E-state index in [1.54, 1.807) is 43.3 Å². The van der Waals surface area contributed by atoms with Crippen molar-refractivity contribution in [1.82, 2.24) is 0 Å². The normalized spacial score (nSPS) is 10.8. The van der Waals surface area contributed by atoms with E-state index >= 15 is 0 Å². The molecule has 4 nitrogen and oxygen atoms in total. The number of carbonyl (C=O) groups excluding carboxylic acids is 1. The number of hydrogen-bond acceptors (Lipinski definition) is 3. The third-order valence-corrected chi connectivity index (χ3v) is 4.44. The average Bonchev–Trinajstić information content (AvgIpc) is 2.70. The molecule has 0 aliphatic carbocycles. The molecule has 0 unspecified atom stereocenters. The van der Waals surface area contributed by atoms with Gasteiger partial charge in [-0.3, -0.25) is 4.79 Å². The van der Waals surface area contributed by atoms with Gasteiger partial charge in [0.25, 0.3) is 5.91 Å².